The van der Waals surface area contributed by atoms with Crippen LogP contribution in [0.25, 0.3) is 0 Å². The molecule has 9 nitrogen and oxygen atoms in total. The molecule has 0 radical (unpaired) electrons. The molecule has 7 rings (SSSR count). The molecule has 276 valence electrons. The van der Waals surface area contributed by atoms with E-state index in [4.69, 9.17) is 42.6 Å². The minimum atomic E-state index is -0.881. The minimum absolute atomic E-state index is 0.236. The second-order valence-corrected chi connectivity index (χ2v) is 14.1. The van der Waals surface area contributed by atoms with Gasteiger partial charge in [0.1, 0.15) is 42.7 Å². The molecule has 3 heterocycles. The van der Waals surface area contributed by atoms with Gasteiger partial charge in [-0.25, -0.2) is 0 Å². The van der Waals surface area contributed by atoms with Gasteiger partial charge < -0.3 is 42.6 Å². The minimum Gasteiger partial charge on any atom is -0.374 e. The fraction of sp³-hybridized carbons (Fsp3) is 0.442. The summed E-state index contributed by atoms with van der Waals surface area (Å²) in [5, 5.41) is 0. The van der Waals surface area contributed by atoms with Gasteiger partial charge in [-0.05, 0) is 43.0 Å². The molecule has 0 aliphatic carbocycles. The number of rotatable bonds is 15. The Labute approximate surface area is 307 Å². The molecular formula is C43H50O9. The van der Waals surface area contributed by atoms with Crippen LogP contribution in [0.5, 0.6) is 0 Å². The van der Waals surface area contributed by atoms with Crippen LogP contribution in [-0.2, 0) is 69.1 Å². The lowest BCUT2D eigenvalue weighted by molar-refractivity contribution is -0.350. The molecule has 0 spiro atoms. The van der Waals surface area contributed by atoms with E-state index >= 15 is 0 Å². The van der Waals surface area contributed by atoms with Gasteiger partial charge in [-0.15, -0.1) is 0 Å². The Balaban J connectivity index is 1.21. The zero-order chi connectivity index (χ0) is 35.8. The van der Waals surface area contributed by atoms with Crippen molar-refractivity contribution in [1.29, 1.82) is 0 Å². The molecule has 52 heavy (non-hydrogen) atoms. The summed E-state index contributed by atoms with van der Waals surface area (Å²) in [6, 6.07) is 40.4. The zero-order valence-electron chi connectivity index (χ0n) is 30.2. The van der Waals surface area contributed by atoms with Crippen molar-refractivity contribution in [3.63, 3.8) is 0 Å². The van der Waals surface area contributed by atoms with Crippen LogP contribution in [0.1, 0.15) is 43.0 Å². The maximum atomic E-state index is 6.97. The first kappa shape index (κ1) is 36.9. The van der Waals surface area contributed by atoms with Gasteiger partial charge >= 0.3 is 0 Å². The summed E-state index contributed by atoms with van der Waals surface area (Å²) in [7, 11) is 0. The Morgan fingerprint density at radius 2 is 1.06 bits per heavy atom. The van der Waals surface area contributed by atoms with Crippen molar-refractivity contribution in [2.45, 2.75) is 108 Å². The standard InChI is InChI=1S/C43H50O9/c1-30-37(39-36(29-45-30)51-43(2,3)52-39)50-42-41(48-27-34-22-14-7-15-23-34)40(47-26-33-20-12-6-13-21-33)38(46-25-32-18-10-5-11-19-32)35(49-42)28-44-24-31-16-8-4-9-17-31/h4-23,30,35-42H,24-29H2,1-3H3/t30-,35+,36-,37-,38+,39-,40-,41+,42?/m0/s1. The van der Waals surface area contributed by atoms with Gasteiger partial charge in [0.2, 0.25) is 0 Å². The smallest absolute Gasteiger partial charge is 0.187 e. The van der Waals surface area contributed by atoms with Crippen LogP contribution in [0.2, 0.25) is 0 Å². The fourth-order valence-electron chi connectivity index (χ4n) is 7.08. The van der Waals surface area contributed by atoms with Crippen LogP contribution in [-0.4, -0.2) is 74.1 Å². The predicted octanol–water partition coefficient (Wildman–Crippen LogP) is 7.01. The Morgan fingerprint density at radius 3 is 1.60 bits per heavy atom. The van der Waals surface area contributed by atoms with Crippen LogP contribution in [0, 0.1) is 0 Å². The van der Waals surface area contributed by atoms with Gasteiger partial charge in [-0.1, -0.05) is 121 Å². The van der Waals surface area contributed by atoms with E-state index in [1.54, 1.807) is 0 Å². The second-order valence-electron chi connectivity index (χ2n) is 14.1. The molecule has 9 atom stereocenters. The molecule has 0 bridgehead atoms. The summed E-state index contributed by atoms with van der Waals surface area (Å²) in [6.07, 6.45) is -4.76. The molecule has 0 aromatic heterocycles. The average molecular weight is 711 g/mol. The Kier molecular flexibility index (Phi) is 12.4. The largest absolute Gasteiger partial charge is 0.374 e. The fourth-order valence-corrected chi connectivity index (χ4v) is 7.08. The summed E-state index contributed by atoms with van der Waals surface area (Å²) in [6.45, 7) is 7.90. The molecule has 0 saturated carbocycles. The van der Waals surface area contributed by atoms with Crippen molar-refractivity contribution in [2.75, 3.05) is 13.2 Å². The third-order valence-electron chi connectivity index (χ3n) is 9.66. The second kappa shape index (κ2) is 17.6. The molecule has 3 saturated heterocycles. The van der Waals surface area contributed by atoms with Crippen molar-refractivity contribution >= 4 is 0 Å². The Hall–Kier alpha value is -3.48. The molecule has 0 amide bonds. The normalized spacial score (nSPS) is 29.8. The van der Waals surface area contributed by atoms with Crippen LogP contribution in [0.15, 0.2) is 121 Å². The van der Waals surface area contributed by atoms with Crippen LogP contribution >= 0.6 is 0 Å². The van der Waals surface area contributed by atoms with E-state index in [2.05, 4.69) is 0 Å². The molecule has 4 aromatic rings. The Bertz CT molecular complexity index is 1620. The highest BCUT2D eigenvalue weighted by Crippen LogP contribution is 2.39. The van der Waals surface area contributed by atoms with Crippen LogP contribution < -0.4 is 0 Å². The van der Waals surface area contributed by atoms with Gasteiger partial charge in [-0.3, -0.25) is 0 Å². The van der Waals surface area contributed by atoms with Gasteiger partial charge in [0.05, 0.1) is 45.7 Å². The maximum Gasteiger partial charge on any atom is 0.187 e. The van der Waals surface area contributed by atoms with E-state index < -0.39 is 42.6 Å². The van der Waals surface area contributed by atoms with E-state index in [1.165, 1.54) is 0 Å². The van der Waals surface area contributed by atoms with Gasteiger partial charge in [0.15, 0.2) is 12.1 Å². The third kappa shape index (κ3) is 9.54. The first-order valence-corrected chi connectivity index (χ1v) is 18.3. The van der Waals surface area contributed by atoms with E-state index in [-0.39, 0.29) is 24.9 Å². The summed E-state index contributed by atoms with van der Waals surface area (Å²) < 4.78 is 59.5. The van der Waals surface area contributed by atoms with E-state index in [0.29, 0.717) is 33.0 Å². The van der Waals surface area contributed by atoms with Crippen molar-refractivity contribution < 1.29 is 42.6 Å². The Morgan fingerprint density at radius 1 is 0.577 bits per heavy atom. The van der Waals surface area contributed by atoms with Crippen molar-refractivity contribution in [2.24, 2.45) is 0 Å². The molecule has 3 aliphatic rings. The van der Waals surface area contributed by atoms with Gasteiger partial charge in [0.25, 0.3) is 0 Å². The van der Waals surface area contributed by atoms with E-state index in [9.17, 15) is 0 Å². The topological polar surface area (TPSA) is 83.1 Å². The first-order valence-electron chi connectivity index (χ1n) is 18.3. The van der Waals surface area contributed by atoms with Crippen molar-refractivity contribution in [3.8, 4) is 0 Å². The lowest BCUT2D eigenvalue weighted by Gasteiger charge is -2.48. The highest BCUT2D eigenvalue weighted by atomic mass is 16.8. The van der Waals surface area contributed by atoms with Gasteiger partial charge in [-0.2, -0.15) is 0 Å². The maximum absolute atomic E-state index is 6.97. The summed E-state index contributed by atoms with van der Waals surface area (Å²) in [4.78, 5) is 0. The highest BCUT2D eigenvalue weighted by Gasteiger charge is 2.55. The molecule has 9 heteroatoms. The van der Waals surface area contributed by atoms with Crippen molar-refractivity contribution in [1.82, 2.24) is 0 Å². The monoisotopic (exact) mass is 710 g/mol. The zero-order valence-corrected chi connectivity index (χ0v) is 30.2. The predicted molar refractivity (Wildman–Crippen MR) is 194 cm³/mol. The highest BCUT2D eigenvalue weighted by molar-refractivity contribution is 5.16. The van der Waals surface area contributed by atoms with Gasteiger partial charge in [0, 0.05) is 0 Å². The number of hydrogen-bond donors (Lipinski definition) is 0. The molecule has 1 unspecified atom stereocenters. The van der Waals surface area contributed by atoms with Crippen LogP contribution in [0.3, 0.4) is 0 Å². The lowest BCUT2D eigenvalue weighted by Crippen LogP contribution is -2.64. The molecule has 0 N–H and O–H groups in total. The summed E-state index contributed by atoms with van der Waals surface area (Å²) >= 11 is 0. The number of fused-ring (bicyclic) bond motifs is 1. The van der Waals surface area contributed by atoms with Crippen molar-refractivity contribution in [3.05, 3.63) is 144 Å². The lowest BCUT2D eigenvalue weighted by atomic mass is 9.96. The van der Waals surface area contributed by atoms with E-state index in [1.807, 2.05) is 142 Å². The third-order valence-corrected chi connectivity index (χ3v) is 9.66. The summed E-state index contributed by atoms with van der Waals surface area (Å²) in [5.41, 5.74) is 4.15. The quantitative estimate of drug-likeness (QED) is 0.129. The molecule has 3 aliphatic heterocycles. The van der Waals surface area contributed by atoms with E-state index in [0.717, 1.165) is 22.3 Å². The average Bonchev–Trinajstić information content (AvgIpc) is 3.50. The molecular weight excluding hydrogens is 660 g/mol. The number of benzene rings is 4. The summed E-state index contributed by atoms with van der Waals surface area (Å²) in [5.74, 6) is -0.771. The first-order chi connectivity index (χ1) is 25.4. The van der Waals surface area contributed by atoms with Crippen LogP contribution in [0.4, 0.5) is 0 Å². The molecule has 4 aromatic carbocycles. The number of ether oxygens (including phenoxy) is 9. The molecule has 3 fully saturated rings. The SMILES string of the molecule is C[C@@H]1OC[C@@H]2OC(C)(C)O[C@@H]2[C@H]1OC1O[C@H](COCc2ccccc2)[C@@H](OCc2ccccc2)[C@H](OCc2ccccc2)[C@H]1OCc1ccccc1. The number of hydrogen-bond acceptors (Lipinski definition) is 9.